The van der Waals surface area contributed by atoms with Crippen molar-refractivity contribution in [1.29, 1.82) is 5.26 Å². The molecule has 6 rings (SSSR count). The Morgan fingerprint density at radius 2 is 1.98 bits per heavy atom. The van der Waals surface area contributed by atoms with E-state index in [0.717, 1.165) is 54.5 Å². The second-order valence-electron chi connectivity index (χ2n) is 10.6. The molecule has 1 fully saturated rings. The predicted molar refractivity (Wildman–Crippen MR) is 149 cm³/mol. The number of anilines is 2. The SMILES string of the molecule is Cc1c(CN2CCC(Nc3cc(N)nc4oc(CC(F)(F)F)cc34)CC2)ccc2c1cc(C#N)n2Cc1cn[nH]c1. The number of hydrogen-bond donors (Lipinski definition) is 3. The Morgan fingerprint density at radius 3 is 2.68 bits per heavy atom. The molecular weight excluding hydrogens is 533 g/mol. The maximum atomic E-state index is 12.9. The van der Waals surface area contributed by atoms with Gasteiger partial charge in [-0.25, -0.2) is 0 Å². The summed E-state index contributed by atoms with van der Waals surface area (Å²) in [6, 6.07) is 11.7. The summed E-state index contributed by atoms with van der Waals surface area (Å²) in [5, 5.41) is 21.6. The number of pyridine rings is 1. The van der Waals surface area contributed by atoms with Crippen molar-refractivity contribution in [3.63, 3.8) is 0 Å². The highest BCUT2D eigenvalue weighted by Crippen LogP contribution is 2.33. The van der Waals surface area contributed by atoms with E-state index in [0.29, 0.717) is 23.3 Å². The molecule has 0 atom stereocenters. The summed E-state index contributed by atoms with van der Waals surface area (Å²) in [4.78, 5) is 6.47. The zero-order chi connectivity index (χ0) is 28.7. The van der Waals surface area contributed by atoms with Gasteiger partial charge in [0.1, 0.15) is 29.8 Å². The molecule has 0 saturated carbocycles. The molecule has 5 heterocycles. The molecule has 0 unspecified atom stereocenters. The molecule has 41 heavy (non-hydrogen) atoms. The van der Waals surface area contributed by atoms with Crippen LogP contribution in [0.4, 0.5) is 24.7 Å². The topological polar surface area (TPSA) is 125 Å². The minimum atomic E-state index is -4.37. The summed E-state index contributed by atoms with van der Waals surface area (Å²) in [7, 11) is 0. The molecule has 4 N–H and O–H groups in total. The van der Waals surface area contributed by atoms with Crippen LogP contribution in [0.1, 0.15) is 41.0 Å². The molecule has 212 valence electrons. The average molecular weight is 563 g/mol. The number of alkyl halides is 3. The van der Waals surface area contributed by atoms with E-state index in [1.165, 1.54) is 11.6 Å². The largest absolute Gasteiger partial charge is 0.442 e. The van der Waals surface area contributed by atoms with Gasteiger partial charge in [0.25, 0.3) is 0 Å². The van der Waals surface area contributed by atoms with Gasteiger partial charge in [-0.3, -0.25) is 10.00 Å². The highest BCUT2D eigenvalue weighted by Gasteiger charge is 2.30. The van der Waals surface area contributed by atoms with Crippen LogP contribution >= 0.6 is 0 Å². The summed E-state index contributed by atoms with van der Waals surface area (Å²) >= 11 is 0. The lowest BCUT2D eigenvalue weighted by atomic mass is 10.0. The van der Waals surface area contributed by atoms with E-state index in [9.17, 15) is 18.4 Å². The van der Waals surface area contributed by atoms with Crippen LogP contribution in [0.3, 0.4) is 0 Å². The highest BCUT2D eigenvalue weighted by molar-refractivity contribution is 5.90. The van der Waals surface area contributed by atoms with Crippen LogP contribution in [-0.4, -0.2) is 50.0 Å². The van der Waals surface area contributed by atoms with E-state index in [1.807, 2.05) is 16.8 Å². The summed E-state index contributed by atoms with van der Waals surface area (Å²) in [6.45, 7) is 5.17. The zero-order valence-electron chi connectivity index (χ0n) is 22.4. The lowest BCUT2D eigenvalue weighted by molar-refractivity contribution is -0.129. The first kappa shape index (κ1) is 26.7. The van der Waals surface area contributed by atoms with Crippen molar-refractivity contribution < 1.29 is 17.6 Å². The Balaban J connectivity index is 1.13. The van der Waals surface area contributed by atoms with E-state index >= 15 is 0 Å². The number of likely N-dealkylation sites (tertiary alicyclic amines) is 1. The number of benzene rings is 1. The van der Waals surface area contributed by atoms with E-state index in [4.69, 9.17) is 10.2 Å². The maximum absolute atomic E-state index is 12.9. The van der Waals surface area contributed by atoms with E-state index in [2.05, 4.69) is 50.5 Å². The molecule has 1 aliphatic rings. The minimum absolute atomic E-state index is 0.105. The van der Waals surface area contributed by atoms with Gasteiger partial charge in [-0.15, -0.1) is 0 Å². The third-order valence-electron chi connectivity index (χ3n) is 7.77. The smallest absolute Gasteiger partial charge is 0.396 e. The Bertz CT molecular complexity index is 1740. The molecule has 1 aromatic carbocycles. The van der Waals surface area contributed by atoms with Crippen LogP contribution in [0.25, 0.3) is 22.0 Å². The Labute approximate surface area is 233 Å². The number of halogens is 3. The van der Waals surface area contributed by atoms with Crippen molar-refractivity contribution in [2.45, 2.75) is 51.5 Å². The maximum Gasteiger partial charge on any atom is 0.396 e. The lowest BCUT2D eigenvalue weighted by Gasteiger charge is -2.33. The molecule has 5 aromatic rings. The third kappa shape index (κ3) is 5.58. The molecule has 0 spiro atoms. The van der Waals surface area contributed by atoms with Crippen LogP contribution in [-0.2, 0) is 19.5 Å². The van der Waals surface area contributed by atoms with Gasteiger partial charge < -0.3 is 20.0 Å². The molecule has 9 nitrogen and oxygen atoms in total. The number of aromatic nitrogens is 4. The molecule has 0 amide bonds. The Kier molecular flexibility index (Phi) is 6.83. The number of nitrogen functional groups attached to an aromatic ring is 1. The Hall–Kier alpha value is -4.50. The number of H-pyrrole nitrogens is 1. The monoisotopic (exact) mass is 562 g/mol. The molecule has 4 aromatic heterocycles. The number of furan rings is 1. The van der Waals surface area contributed by atoms with Gasteiger partial charge in [-0.2, -0.15) is 28.5 Å². The van der Waals surface area contributed by atoms with E-state index in [-0.39, 0.29) is 23.3 Å². The van der Waals surface area contributed by atoms with Gasteiger partial charge in [-0.1, -0.05) is 6.07 Å². The van der Waals surface area contributed by atoms with Crippen molar-refractivity contribution in [3.05, 3.63) is 70.9 Å². The number of nitrogens with two attached hydrogens (primary N) is 1. The number of aromatic amines is 1. The lowest BCUT2D eigenvalue weighted by Crippen LogP contribution is -2.38. The number of hydrogen-bond acceptors (Lipinski definition) is 7. The Morgan fingerprint density at radius 1 is 1.17 bits per heavy atom. The zero-order valence-corrected chi connectivity index (χ0v) is 22.4. The van der Waals surface area contributed by atoms with Crippen molar-refractivity contribution >= 4 is 33.5 Å². The van der Waals surface area contributed by atoms with Gasteiger partial charge in [0, 0.05) is 54.4 Å². The summed E-state index contributed by atoms with van der Waals surface area (Å²) in [6.07, 6.45) is -0.210. The first-order valence-electron chi connectivity index (χ1n) is 13.4. The van der Waals surface area contributed by atoms with Gasteiger partial charge in [0.05, 0.1) is 23.8 Å². The third-order valence-corrected chi connectivity index (χ3v) is 7.77. The van der Waals surface area contributed by atoms with Gasteiger partial charge >= 0.3 is 6.18 Å². The van der Waals surface area contributed by atoms with E-state index < -0.39 is 12.6 Å². The van der Waals surface area contributed by atoms with Crippen LogP contribution in [0.2, 0.25) is 0 Å². The number of nitrogens with one attached hydrogen (secondary N) is 2. The fourth-order valence-electron chi connectivity index (χ4n) is 5.69. The van der Waals surface area contributed by atoms with Crippen LogP contribution in [0.15, 0.2) is 47.1 Å². The van der Waals surface area contributed by atoms with Crippen molar-refractivity contribution in [2.24, 2.45) is 0 Å². The van der Waals surface area contributed by atoms with Crippen molar-refractivity contribution in [1.82, 2.24) is 24.6 Å². The number of aryl methyl sites for hydroxylation is 1. The summed E-state index contributed by atoms with van der Waals surface area (Å²) in [5.74, 6) is 0.00360. The quantitative estimate of drug-likeness (QED) is 0.239. The number of rotatable bonds is 7. The second-order valence-corrected chi connectivity index (χ2v) is 10.6. The van der Waals surface area contributed by atoms with Crippen molar-refractivity contribution in [2.75, 3.05) is 24.1 Å². The molecule has 1 saturated heterocycles. The highest BCUT2D eigenvalue weighted by atomic mass is 19.4. The molecule has 12 heteroatoms. The summed E-state index contributed by atoms with van der Waals surface area (Å²) in [5.41, 5.74) is 11.7. The molecular formula is C29H29F3N8O. The number of nitrogens with zero attached hydrogens (tertiary/aromatic N) is 5. The first-order valence-corrected chi connectivity index (χ1v) is 13.4. The fourth-order valence-corrected chi connectivity index (χ4v) is 5.69. The second kappa shape index (κ2) is 10.5. The van der Waals surface area contributed by atoms with Gasteiger partial charge in [0.2, 0.25) is 5.71 Å². The molecule has 0 aliphatic carbocycles. The van der Waals surface area contributed by atoms with Crippen LogP contribution in [0.5, 0.6) is 0 Å². The standard InChI is InChI=1S/C29H29F3N8O/c1-17-19(2-3-26-23(17)8-21(12-33)40(26)15-18-13-35-36-14-18)16-39-6-4-20(5-7-39)37-25-10-27(34)38-28-24(25)9-22(41-28)11-29(30,31)32/h2-3,8-10,13-14,20H,4-7,11,15-16H2,1H3,(H,35,36)(H3,34,37,38). The summed E-state index contributed by atoms with van der Waals surface area (Å²) < 4.78 is 46.0. The number of fused-ring (bicyclic) bond motifs is 2. The van der Waals surface area contributed by atoms with Gasteiger partial charge in [0.15, 0.2) is 0 Å². The average Bonchev–Trinajstić information content (AvgIpc) is 3.65. The minimum Gasteiger partial charge on any atom is -0.442 e. The fraction of sp³-hybridized carbons (Fsp3) is 0.345. The molecule has 0 radical (unpaired) electrons. The number of nitriles is 1. The normalized spacial score (nSPS) is 15.1. The van der Waals surface area contributed by atoms with Gasteiger partial charge in [-0.05, 0) is 49.1 Å². The van der Waals surface area contributed by atoms with Crippen molar-refractivity contribution in [3.8, 4) is 6.07 Å². The first-order chi connectivity index (χ1) is 19.7. The predicted octanol–water partition coefficient (Wildman–Crippen LogP) is 5.50. The van der Waals surface area contributed by atoms with E-state index in [1.54, 1.807) is 12.3 Å². The molecule has 0 bridgehead atoms. The van der Waals surface area contributed by atoms with Crippen LogP contribution in [0, 0.1) is 18.3 Å². The number of piperidine rings is 1. The van der Waals surface area contributed by atoms with Crippen LogP contribution < -0.4 is 11.1 Å². The molecule has 1 aliphatic heterocycles.